The molecule has 5 nitrogen and oxygen atoms in total. The monoisotopic (exact) mass is 294 g/mol. The van der Waals surface area contributed by atoms with Gasteiger partial charge >= 0.3 is 0 Å². The Bertz CT molecular complexity index is 522. The van der Waals surface area contributed by atoms with E-state index in [1.807, 2.05) is 31.7 Å². The van der Waals surface area contributed by atoms with Gasteiger partial charge in [0.15, 0.2) is 5.84 Å². The van der Waals surface area contributed by atoms with Crippen molar-refractivity contribution in [2.24, 2.45) is 10.9 Å². The molecular formula is C14H22N4OS. The van der Waals surface area contributed by atoms with Crippen molar-refractivity contribution in [2.45, 2.75) is 38.2 Å². The Hall–Kier alpha value is -1.43. The Labute approximate surface area is 124 Å². The molecule has 2 unspecified atom stereocenters. The minimum Gasteiger partial charge on any atom is -0.409 e. The largest absolute Gasteiger partial charge is 0.409 e. The van der Waals surface area contributed by atoms with Crippen LogP contribution < -0.4 is 10.6 Å². The van der Waals surface area contributed by atoms with E-state index in [-0.39, 0.29) is 5.84 Å². The molecule has 0 aliphatic carbocycles. The molecule has 20 heavy (non-hydrogen) atoms. The first-order valence-corrected chi connectivity index (χ1v) is 7.73. The zero-order chi connectivity index (χ0) is 14.9. The maximum Gasteiger partial charge on any atom is 0.174 e. The van der Waals surface area contributed by atoms with Crippen LogP contribution in [0.3, 0.4) is 0 Å². The summed E-state index contributed by atoms with van der Waals surface area (Å²) >= 11 is 1.99. The topological polar surface area (TPSA) is 74.7 Å². The minimum atomic E-state index is 0.128. The summed E-state index contributed by atoms with van der Waals surface area (Å²) in [5, 5.41) is 13.3. The molecule has 0 spiro atoms. The van der Waals surface area contributed by atoms with Crippen molar-refractivity contribution in [1.29, 1.82) is 0 Å². The predicted molar refractivity (Wildman–Crippen MR) is 84.9 cm³/mol. The zero-order valence-electron chi connectivity index (χ0n) is 12.4. The fraction of sp³-hybridized carbons (Fsp3) is 0.571. The number of rotatable bonds is 2. The fourth-order valence-corrected chi connectivity index (χ4v) is 4.09. The molecule has 0 radical (unpaired) electrons. The van der Waals surface area contributed by atoms with E-state index in [1.54, 1.807) is 0 Å². The van der Waals surface area contributed by atoms with Crippen molar-refractivity contribution >= 4 is 23.4 Å². The third-order valence-electron chi connectivity index (χ3n) is 3.41. The second kappa shape index (κ2) is 5.91. The number of oxime groups is 1. The lowest BCUT2D eigenvalue weighted by Gasteiger charge is -2.36. The van der Waals surface area contributed by atoms with E-state index < -0.39 is 0 Å². The summed E-state index contributed by atoms with van der Waals surface area (Å²) < 4.78 is 0. The molecule has 2 rings (SSSR count). The van der Waals surface area contributed by atoms with Crippen LogP contribution in [0, 0.1) is 13.8 Å². The molecule has 6 heteroatoms. The Balaban J connectivity index is 2.49. The van der Waals surface area contributed by atoms with Gasteiger partial charge in [-0.3, -0.25) is 0 Å². The molecule has 0 amide bonds. The molecule has 1 fully saturated rings. The average molecular weight is 294 g/mol. The average Bonchev–Trinajstić information content (AvgIpc) is 2.35. The Kier molecular flexibility index (Phi) is 4.42. The lowest BCUT2D eigenvalue weighted by atomic mass is 10.1. The lowest BCUT2D eigenvalue weighted by molar-refractivity contribution is 0.318. The van der Waals surface area contributed by atoms with Gasteiger partial charge < -0.3 is 15.8 Å². The summed E-state index contributed by atoms with van der Waals surface area (Å²) in [6.07, 6.45) is 0. The van der Waals surface area contributed by atoms with Crippen LogP contribution in [0.5, 0.6) is 0 Å². The number of hydrogen-bond donors (Lipinski definition) is 2. The quantitative estimate of drug-likeness (QED) is 0.378. The van der Waals surface area contributed by atoms with E-state index in [4.69, 9.17) is 10.9 Å². The van der Waals surface area contributed by atoms with Gasteiger partial charge in [0, 0.05) is 29.3 Å². The van der Waals surface area contributed by atoms with E-state index in [0.717, 1.165) is 35.7 Å². The highest BCUT2D eigenvalue weighted by molar-refractivity contribution is 8.00. The lowest BCUT2D eigenvalue weighted by Crippen LogP contribution is -2.42. The molecule has 1 aromatic rings. The normalized spacial score (nSPS) is 24.0. The minimum absolute atomic E-state index is 0.128. The summed E-state index contributed by atoms with van der Waals surface area (Å²) in [6, 6.07) is 1.96. The third-order valence-corrected chi connectivity index (χ3v) is 4.64. The van der Waals surface area contributed by atoms with Crippen LogP contribution in [0.4, 0.5) is 5.82 Å². The van der Waals surface area contributed by atoms with Gasteiger partial charge in [-0.25, -0.2) is 4.98 Å². The van der Waals surface area contributed by atoms with Gasteiger partial charge in [-0.15, -0.1) is 0 Å². The van der Waals surface area contributed by atoms with Crippen LogP contribution in [0.1, 0.15) is 30.7 Å². The van der Waals surface area contributed by atoms with Crippen LogP contribution in [0.25, 0.3) is 0 Å². The van der Waals surface area contributed by atoms with Crippen molar-refractivity contribution in [3.05, 3.63) is 22.9 Å². The molecule has 1 aliphatic heterocycles. The first-order valence-electron chi connectivity index (χ1n) is 6.79. The summed E-state index contributed by atoms with van der Waals surface area (Å²) in [7, 11) is 0. The number of anilines is 1. The molecule has 0 bridgehead atoms. The van der Waals surface area contributed by atoms with Crippen molar-refractivity contribution in [1.82, 2.24) is 4.98 Å². The summed E-state index contributed by atoms with van der Waals surface area (Å²) in [5.41, 5.74) is 8.53. The third kappa shape index (κ3) is 3.00. The van der Waals surface area contributed by atoms with Crippen molar-refractivity contribution in [2.75, 3.05) is 18.0 Å². The van der Waals surface area contributed by atoms with Crippen LogP contribution in [-0.4, -0.2) is 39.6 Å². The summed E-state index contributed by atoms with van der Waals surface area (Å²) in [6.45, 7) is 10.2. The van der Waals surface area contributed by atoms with Gasteiger partial charge in [0.1, 0.15) is 5.82 Å². The Morgan fingerprint density at radius 1 is 1.40 bits per heavy atom. The van der Waals surface area contributed by atoms with E-state index in [9.17, 15) is 0 Å². The van der Waals surface area contributed by atoms with E-state index in [1.165, 1.54) is 0 Å². The van der Waals surface area contributed by atoms with Gasteiger partial charge in [0.2, 0.25) is 0 Å². The van der Waals surface area contributed by atoms with Gasteiger partial charge in [0.05, 0.1) is 5.56 Å². The first kappa shape index (κ1) is 15.0. The first-order chi connectivity index (χ1) is 9.42. The molecule has 0 saturated carbocycles. The number of hydrogen-bond acceptors (Lipinski definition) is 5. The SMILES string of the molecule is Cc1cc(C)c(C(N)=NO)c(N2CC(C)SC(C)C2)n1. The second-order valence-electron chi connectivity index (χ2n) is 5.43. The molecule has 1 aromatic heterocycles. The Morgan fingerprint density at radius 2 is 2.00 bits per heavy atom. The van der Waals surface area contributed by atoms with Crippen molar-refractivity contribution in [3.63, 3.8) is 0 Å². The standard InChI is InChI=1S/C14H22N4OS/c1-8-5-9(2)16-14(12(8)13(15)17-19)18-6-10(3)20-11(4)7-18/h5,10-11,19H,6-7H2,1-4H3,(H2,15,17). The molecule has 2 atom stereocenters. The second-order valence-corrected chi connectivity index (χ2v) is 7.31. The van der Waals surface area contributed by atoms with Crippen LogP contribution in [0.15, 0.2) is 11.2 Å². The molecule has 1 aliphatic rings. The van der Waals surface area contributed by atoms with Gasteiger partial charge in [-0.1, -0.05) is 19.0 Å². The van der Waals surface area contributed by atoms with Gasteiger partial charge in [0.25, 0.3) is 0 Å². The molecule has 0 aromatic carbocycles. The predicted octanol–water partition coefficient (Wildman–Crippen LogP) is 2.12. The number of nitrogens with two attached hydrogens (primary N) is 1. The van der Waals surface area contributed by atoms with Crippen molar-refractivity contribution < 1.29 is 5.21 Å². The van der Waals surface area contributed by atoms with Gasteiger partial charge in [-0.05, 0) is 25.5 Å². The van der Waals surface area contributed by atoms with Crippen molar-refractivity contribution in [3.8, 4) is 0 Å². The van der Waals surface area contributed by atoms with Crippen LogP contribution in [-0.2, 0) is 0 Å². The van der Waals surface area contributed by atoms with E-state index in [0.29, 0.717) is 10.5 Å². The maximum atomic E-state index is 9.02. The van der Waals surface area contributed by atoms with Gasteiger partial charge in [-0.2, -0.15) is 11.8 Å². The number of pyridine rings is 1. The Morgan fingerprint density at radius 3 is 2.55 bits per heavy atom. The highest BCUT2D eigenvalue weighted by Gasteiger charge is 2.26. The highest BCUT2D eigenvalue weighted by Crippen LogP contribution is 2.30. The smallest absolute Gasteiger partial charge is 0.174 e. The summed E-state index contributed by atoms with van der Waals surface area (Å²) in [4.78, 5) is 6.89. The maximum absolute atomic E-state index is 9.02. The number of thioether (sulfide) groups is 1. The zero-order valence-corrected chi connectivity index (χ0v) is 13.2. The molecule has 110 valence electrons. The number of amidine groups is 1. The molecule has 2 heterocycles. The molecule has 1 saturated heterocycles. The number of aromatic nitrogens is 1. The van der Waals surface area contributed by atoms with E-state index in [2.05, 4.69) is 28.9 Å². The number of nitrogens with zero attached hydrogens (tertiary/aromatic N) is 3. The molecular weight excluding hydrogens is 272 g/mol. The van der Waals surface area contributed by atoms with E-state index >= 15 is 0 Å². The molecule has 3 N–H and O–H groups in total. The summed E-state index contributed by atoms with van der Waals surface area (Å²) in [5.74, 6) is 0.959. The highest BCUT2D eigenvalue weighted by atomic mass is 32.2. The number of aryl methyl sites for hydroxylation is 2. The van der Waals surface area contributed by atoms with Crippen LogP contribution >= 0.6 is 11.8 Å². The fourth-order valence-electron chi connectivity index (χ4n) is 2.76. The van der Waals surface area contributed by atoms with Crippen LogP contribution in [0.2, 0.25) is 0 Å².